The van der Waals surface area contributed by atoms with Crippen molar-refractivity contribution in [1.82, 2.24) is 14.4 Å². The van der Waals surface area contributed by atoms with Crippen LogP contribution < -0.4 is 0 Å². The molecule has 2 aliphatic heterocycles. The minimum atomic E-state index is -0.591. The lowest BCUT2D eigenvalue weighted by Crippen LogP contribution is -2.48. The Balaban J connectivity index is 1.62. The molecule has 0 N–H and O–H groups in total. The van der Waals surface area contributed by atoms with Gasteiger partial charge in [-0.2, -0.15) is 0 Å². The summed E-state index contributed by atoms with van der Waals surface area (Å²) in [6.45, 7) is 6.79. The van der Waals surface area contributed by atoms with Crippen LogP contribution in [-0.2, 0) is 9.53 Å². The first kappa shape index (κ1) is 19.2. The van der Waals surface area contributed by atoms with Crippen LogP contribution in [0.5, 0.6) is 0 Å². The molecule has 0 saturated carbocycles. The third-order valence-corrected chi connectivity index (χ3v) is 6.24. The van der Waals surface area contributed by atoms with Crippen LogP contribution in [0.2, 0.25) is 0 Å². The lowest BCUT2D eigenvalue weighted by molar-refractivity contribution is -0.134. The molecular formula is C21H27N3O3S. The number of benzene rings is 1. The molecular weight excluding hydrogens is 374 g/mol. The molecule has 150 valence electrons. The predicted octanol–water partition coefficient (Wildman–Crippen LogP) is 3.72. The zero-order valence-electron chi connectivity index (χ0n) is 16.6. The third kappa shape index (κ3) is 3.72. The Morgan fingerprint density at radius 3 is 2.68 bits per heavy atom. The molecule has 2 saturated heterocycles. The molecule has 0 radical (unpaired) electrons. The molecule has 0 spiro atoms. The van der Waals surface area contributed by atoms with Crippen molar-refractivity contribution in [2.75, 3.05) is 24.7 Å². The van der Waals surface area contributed by atoms with Gasteiger partial charge in [-0.15, -0.1) is 11.8 Å². The van der Waals surface area contributed by atoms with Crippen molar-refractivity contribution in [3.05, 3.63) is 36.5 Å². The van der Waals surface area contributed by atoms with Crippen molar-refractivity contribution >= 4 is 34.7 Å². The SMILES string of the molecule is CC(C)(C)OC(=O)N1C[C@@H](n2ccc3ccccc32)C[C@H]1C(=O)N1CCSC1. The van der Waals surface area contributed by atoms with Crippen LogP contribution in [-0.4, -0.2) is 62.7 Å². The van der Waals surface area contributed by atoms with E-state index < -0.39 is 17.7 Å². The number of hydrogen-bond acceptors (Lipinski definition) is 4. The lowest BCUT2D eigenvalue weighted by atomic mass is 10.1. The molecule has 0 aliphatic carbocycles. The first-order valence-electron chi connectivity index (χ1n) is 9.75. The smallest absolute Gasteiger partial charge is 0.411 e. The zero-order chi connectivity index (χ0) is 19.9. The number of rotatable bonds is 2. The van der Waals surface area contributed by atoms with Crippen LogP contribution in [0.4, 0.5) is 4.79 Å². The van der Waals surface area contributed by atoms with E-state index in [0.717, 1.165) is 23.2 Å². The fourth-order valence-corrected chi connectivity index (χ4v) is 4.95. The molecule has 2 aliphatic rings. The summed E-state index contributed by atoms with van der Waals surface area (Å²) < 4.78 is 7.81. The van der Waals surface area contributed by atoms with E-state index in [0.29, 0.717) is 18.8 Å². The maximum Gasteiger partial charge on any atom is 0.411 e. The first-order chi connectivity index (χ1) is 13.3. The maximum atomic E-state index is 13.2. The van der Waals surface area contributed by atoms with E-state index in [1.54, 1.807) is 16.7 Å². The monoisotopic (exact) mass is 401 g/mol. The topological polar surface area (TPSA) is 54.8 Å². The number of hydrogen-bond donors (Lipinski definition) is 0. The van der Waals surface area contributed by atoms with Crippen molar-refractivity contribution in [3.63, 3.8) is 0 Å². The highest BCUT2D eigenvalue weighted by molar-refractivity contribution is 7.99. The van der Waals surface area contributed by atoms with E-state index in [1.807, 2.05) is 37.8 Å². The van der Waals surface area contributed by atoms with E-state index in [1.165, 1.54) is 0 Å². The fraction of sp³-hybridized carbons (Fsp3) is 0.524. The van der Waals surface area contributed by atoms with Gasteiger partial charge in [0.05, 0.1) is 11.9 Å². The summed E-state index contributed by atoms with van der Waals surface area (Å²) >= 11 is 1.75. The van der Waals surface area contributed by atoms with Crippen molar-refractivity contribution < 1.29 is 14.3 Å². The van der Waals surface area contributed by atoms with Gasteiger partial charge in [-0.3, -0.25) is 9.69 Å². The number of nitrogens with zero attached hydrogens (tertiary/aromatic N) is 3. The molecule has 0 bridgehead atoms. The van der Waals surface area contributed by atoms with E-state index >= 15 is 0 Å². The molecule has 6 nitrogen and oxygen atoms in total. The Kier molecular flexibility index (Phi) is 5.04. The van der Waals surface area contributed by atoms with Crippen molar-refractivity contribution in [2.24, 2.45) is 0 Å². The summed E-state index contributed by atoms with van der Waals surface area (Å²) in [6.07, 6.45) is 2.26. The minimum absolute atomic E-state index is 0.0369. The Labute approximate surface area is 169 Å². The van der Waals surface area contributed by atoms with Gasteiger partial charge in [0, 0.05) is 30.6 Å². The number of fused-ring (bicyclic) bond motifs is 1. The number of para-hydroxylation sites is 1. The summed E-state index contributed by atoms with van der Waals surface area (Å²) in [7, 11) is 0. The first-order valence-corrected chi connectivity index (χ1v) is 10.9. The van der Waals surface area contributed by atoms with Gasteiger partial charge in [0.1, 0.15) is 11.6 Å². The molecule has 7 heteroatoms. The standard InChI is InChI=1S/C21H27N3O3S/c1-21(2,3)27-20(26)24-13-16(12-18(24)19(25)22-10-11-28-14-22)23-9-8-15-6-4-5-7-17(15)23/h4-9,16,18H,10-14H2,1-3H3/t16-,18-/m0/s1. The van der Waals surface area contributed by atoms with Crippen LogP contribution in [0.25, 0.3) is 10.9 Å². The molecule has 2 atom stereocenters. The number of ether oxygens (including phenoxy) is 1. The van der Waals surface area contributed by atoms with Crippen molar-refractivity contribution in [1.29, 1.82) is 0 Å². The van der Waals surface area contributed by atoms with Gasteiger partial charge in [0.15, 0.2) is 0 Å². The molecule has 3 heterocycles. The van der Waals surface area contributed by atoms with Crippen LogP contribution >= 0.6 is 11.8 Å². The highest BCUT2D eigenvalue weighted by Gasteiger charge is 2.44. The van der Waals surface area contributed by atoms with Crippen molar-refractivity contribution in [3.8, 4) is 0 Å². The second-order valence-electron chi connectivity index (χ2n) is 8.46. The number of carbonyl (C=O) groups excluding carboxylic acids is 2. The second kappa shape index (κ2) is 7.35. The van der Waals surface area contributed by atoms with Crippen LogP contribution in [0, 0.1) is 0 Å². The van der Waals surface area contributed by atoms with Crippen molar-refractivity contribution in [2.45, 2.75) is 44.9 Å². The summed E-state index contributed by atoms with van der Waals surface area (Å²) in [4.78, 5) is 29.5. The van der Waals surface area contributed by atoms with E-state index in [-0.39, 0.29) is 11.9 Å². The van der Waals surface area contributed by atoms with Crippen LogP contribution in [0.15, 0.2) is 36.5 Å². The number of thioether (sulfide) groups is 1. The Bertz CT molecular complexity index is 882. The largest absolute Gasteiger partial charge is 0.444 e. The zero-order valence-corrected chi connectivity index (χ0v) is 17.4. The molecule has 1 aromatic heterocycles. The molecule has 0 unspecified atom stereocenters. The lowest BCUT2D eigenvalue weighted by Gasteiger charge is -2.29. The Morgan fingerprint density at radius 1 is 1.18 bits per heavy atom. The normalized spacial score (nSPS) is 22.8. The highest BCUT2D eigenvalue weighted by Crippen LogP contribution is 2.33. The molecule has 2 aromatic rings. The van der Waals surface area contributed by atoms with Gasteiger partial charge in [-0.1, -0.05) is 18.2 Å². The van der Waals surface area contributed by atoms with Gasteiger partial charge < -0.3 is 14.2 Å². The van der Waals surface area contributed by atoms with Gasteiger partial charge in [-0.25, -0.2) is 4.79 Å². The average molecular weight is 402 g/mol. The number of amides is 2. The molecule has 4 rings (SSSR count). The van der Waals surface area contributed by atoms with Gasteiger partial charge in [0.2, 0.25) is 5.91 Å². The van der Waals surface area contributed by atoms with Gasteiger partial charge in [-0.05, 0) is 44.7 Å². The van der Waals surface area contributed by atoms with Gasteiger partial charge >= 0.3 is 6.09 Å². The maximum absolute atomic E-state index is 13.2. The predicted molar refractivity (Wildman–Crippen MR) is 111 cm³/mol. The number of carbonyl (C=O) groups is 2. The van der Waals surface area contributed by atoms with E-state index in [2.05, 4.69) is 29.0 Å². The minimum Gasteiger partial charge on any atom is -0.444 e. The Hall–Kier alpha value is -2.15. The van der Waals surface area contributed by atoms with Crippen LogP contribution in [0.1, 0.15) is 33.2 Å². The summed E-state index contributed by atoms with van der Waals surface area (Å²) in [5, 5.41) is 1.16. The number of aromatic nitrogens is 1. The van der Waals surface area contributed by atoms with E-state index in [4.69, 9.17) is 4.74 Å². The van der Waals surface area contributed by atoms with Gasteiger partial charge in [0.25, 0.3) is 0 Å². The second-order valence-corrected chi connectivity index (χ2v) is 9.53. The van der Waals surface area contributed by atoms with Crippen LogP contribution in [0.3, 0.4) is 0 Å². The Morgan fingerprint density at radius 2 is 1.96 bits per heavy atom. The summed E-state index contributed by atoms with van der Waals surface area (Å²) in [6, 6.07) is 9.86. The fourth-order valence-electron chi connectivity index (χ4n) is 3.99. The van der Waals surface area contributed by atoms with E-state index in [9.17, 15) is 9.59 Å². The quantitative estimate of drug-likeness (QED) is 0.770. The average Bonchev–Trinajstić information content (AvgIpc) is 3.37. The molecule has 2 fully saturated rings. The molecule has 28 heavy (non-hydrogen) atoms. The highest BCUT2D eigenvalue weighted by atomic mass is 32.2. The molecule has 2 amide bonds. The number of likely N-dealkylation sites (tertiary alicyclic amines) is 1. The summed E-state index contributed by atoms with van der Waals surface area (Å²) in [5.74, 6) is 1.69. The summed E-state index contributed by atoms with van der Waals surface area (Å²) in [5.41, 5.74) is 0.535. The molecule has 1 aromatic carbocycles. The third-order valence-electron chi connectivity index (χ3n) is 5.28.